The lowest BCUT2D eigenvalue weighted by atomic mass is 9.70. The quantitative estimate of drug-likeness (QED) is 0.533. The van der Waals surface area contributed by atoms with Gasteiger partial charge in [0.25, 0.3) is 0 Å². The molecule has 1 aliphatic heterocycles. The first-order valence-corrected chi connectivity index (χ1v) is 9.32. The molecule has 1 heterocycles. The van der Waals surface area contributed by atoms with E-state index in [0.717, 1.165) is 0 Å². The summed E-state index contributed by atoms with van der Waals surface area (Å²) < 4.78 is 5.20. The van der Waals surface area contributed by atoms with Crippen molar-refractivity contribution < 1.29 is 24.2 Å². The number of rotatable bonds is 6. The summed E-state index contributed by atoms with van der Waals surface area (Å²) in [7, 11) is 0. The Morgan fingerprint density at radius 3 is 2.50 bits per heavy atom. The van der Waals surface area contributed by atoms with Gasteiger partial charge in [-0.1, -0.05) is 19.1 Å². The third kappa shape index (κ3) is 3.63. The first-order chi connectivity index (χ1) is 12.2. The van der Waals surface area contributed by atoms with Crippen LogP contribution < -0.4 is 5.32 Å². The fraction of sp³-hybridized carbons (Fsp3) is 0.737. The van der Waals surface area contributed by atoms with Crippen LogP contribution in [-0.2, 0) is 19.1 Å². The zero-order chi connectivity index (χ0) is 19.6. The number of hydrogen-bond donors (Lipinski definition) is 2. The molecular weight excluding hydrogens is 336 g/mol. The first-order valence-electron chi connectivity index (χ1n) is 9.32. The maximum absolute atomic E-state index is 13.2. The summed E-state index contributed by atoms with van der Waals surface area (Å²) in [5.41, 5.74) is 0. The Morgan fingerprint density at radius 1 is 1.31 bits per heavy atom. The molecule has 0 aromatic heterocycles. The summed E-state index contributed by atoms with van der Waals surface area (Å²) >= 11 is 0. The van der Waals surface area contributed by atoms with E-state index in [4.69, 9.17) is 4.74 Å². The molecule has 1 saturated heterocycles. The summed E-state index contributed by atoms with van der Waals surface area (Å²) in [5, 5.41) is 12.5. The summed E-state index contributed by atoms with van der Waals surface area (Å²) in [6.45, 7) is 9.01. The van der Waals surface area contributed by atoms with Gasteiger partial charge in [0.2, 0.25) is 11.8 Å². The minimum absolute atomic E-state index is 0.0738. The van der Waals surface area contributed by atoms with Crippen molar-refractivity contribution in [3.05, 3.63) is 12.2 Å². The third-order valence-electron chi connectivity index (χ3n) is 5.21. The van der Waals surface area contributed by atoms with Gasteiger partial charge in [0, 0.05) is 12.0 Å². The van der Waals surface area contributed by atoms with Gasteiger partial charge < -0.3 is 20.1 Å². The van der Waals surface area contributed by atoms with Crippen molar-refractivity contribution in [2.45, 2.75) is 52.7 Å². The number of amides is 2. The number of aliphatic hydroxyl groups is 1. The predicted octanol–water partition coefficient (Wildman–Crippen LogP) is 0.720. The number of likely N-dealkylation sites (tertiary alicyclic amines) is 1. The number of nitrogens with one attached hydrogen (secondary N) is 1. The standard InChI is InChI=1S/C19H30N2O5/c1-6-26-19(25)14-11(4)7-8-13-15(14)18(24)21(12(5)9-22)16(13)17(23)20-10(2)3/h7-8,10-16,22H,6,9H2,1-5H3,(H,20,23)/t11-,12-,13+,14-,15-,16+/m1/s1. The Morgan fingerprint density at radius 2 is 1.96 bits per heavy atom. The maximum Gasteiger partial charge on any atom is 0.310 e. The molecule has 0 aromatic rings. The van der Waals surface area contributed by atoms with Crippen molar-refractivity contribution in [3.8, 4) is 0 Å². The van der Waals surface area contributed by atoms with Crippen LogP contribution >= 0.6 is 0 Å². The van der Waals surface area contributed by atoms with E-state index in [-0.39, 0.29) is 37.0 Å². The number of ether oxygens (including phenoxy) is 1. The van der Waals surface area contributed by atoms with E-state index in [2.05, 4.69) is 5.32 Å². The molecule has 2 amide bonds. The predicted molar refractivity (Wildman–Crippen MR) is 95.9 cm³/mol. The summed E-state index contributed by atoms with van der Waals surface area (Å²) in [5.74, 6) is -2.78. The van der Waals surface area contributed by atoms with E-state index in [9.17, 15) is 19.5 Å². The summed E-state index contributed by atoms with van der Waals surface area (Å²) in [6.07, 6.45) is 3.76. The molecule has 0 radical (unpaired) electrons. The van der Waals surface area contributed by atoms with Gasteiger partial charge in [-0.25, -0.2) is 0 Å². The van der Waals surface area contributed by atoms with Crippen LogP contribution in [-0.4, -0.2) is 59.1 Å². The number of hydrogen-bond acceptors (Lipinski definition) is 5. The van der Waals surface area contributed by atoms with Gasteiger partial charge in [-0.05, 0) is 33.6 Å². The van der Waals surface area contributed by atoms with Crippen molar-refractivity contribution in [2.75, 3.05) is 13.2 Å². The van der Waals surface area contributed by atoms with Crippen LogP contribution in [0.4, 0.5) is 0 Å². The molecule has 0 aromatic carbocycles. The highest BCUT2D eigenvalue weighted by atomic mass is 16.5. The lowest BCUT2D eigenvalue weighted by Crippen LogP contribution is -2.52. The van der Waals surface area contributed by atoms with Crippen molar-refractivity contribution in [3.63, 3.8) is 0 Å². The van der Waals surface area contributed by atoms with Gasteiger partial charge in [-0.3, -0.25) is 14.4 Å². The van der Waals surface area contributed by atoms with Crippen molar-refractivity contribution in [1.82, 2.24) is 10.2 Å². The van der Waals surface area contributed by atoms with Gasteiger partial charge in [0.1, 0.15) is 6.04 Å². The summed E-state index contributed by atoms with van der Waals surface area (Å²) in [4.78, 5) is 40.0. The molecule has 1 fully saturated rings. The number of carbonyl (C=O) groups is 3. The normalized spacial score (nSPS) is 31.7. The largest absolute Gasteiger partial charge is 0.466 e. The number of aliphatic hydroxyl groups excluding tert-OH is 1. The van der Waals surface area contributed by atoms with Crippen molar-refractivity contribution >= 4 is 17.8 Å². The molecular formula is C19H30N2O5. The van der Waals surface area contributed by atoms with Crippen molar-refractivity contribution in [2.24, 2.45) is 23.7 Å². The van der Waals surface area contributed by atoms with E-state index in [1.807, 2.05) is 32.9 Å². The second kappa shape index (κ2) is 8.20. The Balaban J connectivity index is 2.45. The van der Waals surface area contributed by atoms with E-state index >= 15 is 0 Å². The molecule has 0 spiro atoms. The average molecular weight is 366 g/mol. The van der Waals surface area contributed by atoms with E-state index in [1.54, 1.807) is 13.8 Å². The molecule has 146 valence electrons. The Labute approximate surface area is 154 Å². The van der Waals surface area contributed by atoms with Gasteiger partial charge >= 0.3 is 5.97 Å². The highest BCUT2D eigenvalue weighted by Gasteiger charge is 2.58. The molecule has 6 atom stereocenters. The fourth-order valence-corrected chi connectivity index (χ4v) is 4.07. The number of carbonyl (C=O) groups excluding carboxylic acids is 3. The number of allylic oxidation sites excluding steroid dienone is 1. The molecule has 0 bridgehead atoms. The van der Waals surface area contributed by atoms with E-state index in [1.165, 1.54) is 4.90 Å². The van der Waals surface area contributed by atoms with E-state index < -0.39 is 35.8 Å². The van der Waals surface area contributed by atoms with Gasteiger partial charge in [-0.2, -0.15) is 0 Å². The van der Waals surface area contributed by atoms with Gasteiger partial charge in [-0.15, -0.1) is 0 Å². The third-order valence-corrected chi connectivity index (χ3v) is 5.21. The second-order valence-electron chi connectivity index (χ2n) is 7.51. The molecule has 2 N–H and O–H groups in total. The molecule has 7 nitrogen and oxygen atoms in total. The number of fused-ring (bicyclic) bond motifs is 1. The first kappa shape index (κ1) is 20.4. The van der Waals surface area contributed by atoms with E-state index in [0.29, 0.717) is 0 Å². The molecule has 2 aliphatic rings. The molecule has 26 heavy (non-hydrogen) atoms. The second-order valence-corrected chi connectivity index (χ2v) is 7.51. The Hall–Kier alpha value is -1.89. The monoisotopic (exact) mass is 366 g/mol. The molecule has 2 rings (SSSR count). The SMILES string of the molecule is CCOC(=O)[C@H]1[C@@H]2C(=O)N([C@H](C)CO)[C@H](C(=O)NC(C)C)[C@H]2C=C[C@H]1C. The van der Waals surface area contributed by atoms with Crippen LogP contribution in [0.5, 0.6) is 0 Å². The Bertz CT molecular complexity index is 588. The minimum Gasteiger partial charge on any atom is -0.466 e. The smallest absolute Gasteiger partial charge is 0.310 e. The highest BCUT2D eigenvalue weighted by molar-refractivity contribution is 5.96. The zero-order valence-corrected chi connectivity index (χ0v) is 16.1. The van der Waals surface area contributed by atoms with Gasteiger partial charge in [0.05, 0.1) is 31.1 Å². The van der Waals surface area contributed by atoms with Crippen LogP contribution in [0.1, 0.15) is 34.6 Å². The van der Waals surface area contributed by atoms with Crippen LogP contribution in [0.15, 0.2) is 12.2 Å². The fourth-order valence-electron chi connectivity index (χ4n) is 4.07. The lowest BCUT2D eigenvalue weighted by molar-refractivity contribution is -0.155. The van der Waals surface area contributed by atoms with Crippen molar-refractivity contribution in [1.29, 1.82) is 0 Å². The minimum atomic E-state index is -0.738. The topological polar surface area (TPSA) is 95.9 Å². The van der Waals surface area contributed by atoms with Gasteiger partial charge in [0.15, 0.2) is 0 Å². The molecule has 0 unspecified atom stereocenters. The zero-order valence-electron chi connectivity index (χ0n) is 16.1. The van der Waals surface area contributed by atoms with Crippen LogP contribution in [0, 0.1) is 23.7 Å². The van der Waals surface area contributed by atoms with Crippen LogP contribution in [0.2, 0.25) is 0 Å². The molecule has 0 saturated carbocycles. The average Bonchev–Trinajstić information content (AvgIpc) is 2.86. The highest BCUT2D eigenvalue weighted by Crippen LogP contribution is 2.45. The maximum atomic E-state index is 13.2. The van der Waals surface area contributed by atoms with Crippen LogP contribution in [0.3, 0.4) is 0 Å². The Kier molecular flexibility index (Phi) is 6.44. The lowest BCUT2D eigenvalue weighted by Gasteiger charge is -2.32. The van der Waals surface area contributed by atoms with Crippen LogP contribution in [0.25, 0.3) is 0 Å². The molecule has 7 heteroatoms. The number of esters is 1. The number of nitrogens with zero attached hydrogens (tertiary/aromatic N) is 1. The molecule has 1 aliphatic carbocycles. The summed E-state index contributed by atoms with van der Waals surface area (Å²) in [6, 6.07) is -1.32.